The fourth-order valence-electron chi connectivity index (χ4n) is 2.51. The number of hydrogen-bond acceptors (Lipinski definition) is 1. The van der Waals surface area contributed by atoms with Gasteiger partial charge >= 0.3 is 0 Å². The van der Waals surface area contributed by atoms with Gasteiger partial charge in [0.05, 0.1) is 0 Å². The fraction of sp³-hybridized carbons (Fsp3) is 0.619. The van der Waals surface area contributed by atoms with E-state index in [1.165, 1.54) is 56.1 Å². The quantitative estimate of drug-likeness (QED) is 0.434. The van der Waals surface area contributed by atoms with E-state index >= 15 is 0 Å². The minimum absolute atomic E-state index is 0.280. The molecule has 1 rings (SSSR count). The lowest BCUT2D eigenvalue weighted by atomic mass is 10.0. The van der Waals surface area contributed by atoms with Crippen LogP contribution in [-0.2, 0) is 12.8 Å². The van der Waals surface area contributed by atoms with Gasteiger partial charge in [0.2, 0.25) is 0 Å². The molecule has 0 bridgehead atoms. The number of rotatable bonds is 11. The first-order valence-electron chi connectivity index (χ1n) is 9.01. The van der Waals surface area contributed by atoms with E-state index in [1.54, 1.807) is 0 Å². The van der Waals surface area contributed by atoms with Crippen molar-refractivity contribution in [3.8, 4) is 11.8 Å². The van der Waals surface area contributed by atoms with Crippen LogP contribution in [0.5, 0.6) is 0 Å². The smallest absolute Gasteiger partial charge is 0.0431 e. The van der Waals surface area contributed by atoms with Gasteiger partial charge < -0.3 is 5.11 Å². The van der Waals surface area contributed by atoms with Gasteiger partial charge in [-0.05, 0) is 36.8 Å². The minimum Gasteiger partial charge on any atom is -0.396 e. The highest BCUT2D eigenvalue weighted by molar-refractivity contribution is 5.26. The molecule has 1 N–H and O–H groups in total. The van der Waals surface area contributed by atoms with E-state index in [0.717, 1.165) is 25.7 Å². The zero-order chi connectivity index (χ0) is 15.9. The normalized spacial score (nSPS) is 10.3. The number of aliphatic hydroxyl groups excluding tert-OH is 1. The number of unbranched alkanes of at least 4 members (excludes halogenated alkanes) is 7. The lowest BCUT2D eigenvalue weighted by molar-refractivity contribution is 0.285. The summed E-state index contributed by atoms with van der Waals surface area (Å²) in [6.45, 7) is 2.54. The second-order valence-corrected chi connectivity index (χ2v) is 6.05. The standard InChI is InChI=1S/C21H32O/c1-2-3-4-5-7-10-13-20-15-17-21(18-16-20)14-11-8-6-9-12-19-22/h15-18,22H,2-7,9-10,12-14,19H2,1H3. The zero-order valence-electron chi connectivity index (χ0n) is 14.2. The molecular formula is C21H32O. The van der Waals surface area contributed by atoms with Crippen molar-refractivity contribution in [1.82, 2.24) is 0 Å². The minimum atomic E-state index is 0.280. The lowest BCUT2D eigenvalue weighted by Gasteiger charge is -2.03. The van der Waals surface area contributed by atoms with E-state index in [0.29, 0.717) is 0 Å². The Balaban J connectivity index is 2.17. The molecule has 0 aromatic heterocycles. The van der Waals surface area contributed by atoms with Crippen molar-refractivity contribution in [3.05, 3.63) is 35.4 Å². The highest BCUT2D eigenvalue weighted by Gasteiger charge is 1.95. The highest BCUT2D eigenvalue weighted by atomic mass is 16.2. The van der Waals surface area contributed by atoms with E-state index < -0.39 is 0 Å². The summed E-state index contributed by atoms with van der Waals surface area (Å²) < 4.78 is 0. The Morgan fingerprint density at radius 1 is 0.773 bits per heavy atom. The molecule has 1 aromatic carbocycles. The molecule has 0 aliphatic rings. The Hall–Kier alpha value is -1.26. The van der Waals surface area contributed by atoms with Crippen LogP contribution < -0.4 is 0 Å². The summed E-state index contributed by atoms with van der Waals surface area (Å²) in [5.41, 5.74) is 2.76. The molecule has 0 aliphatic heterocycles. The van der Waals surface area contributed by atoms with Crippen molar-refractivity contribution in [2.75, 3.05) is 6.61 Å². The molecule has 0 saturated carbocycles. The predicted octanol–water partition coefficient (Wildman–Crippen LogP) is 5.30. The molecule has 0 aliphatic carbocycles. The Kier molecular flexibility index (Phi) is 11.4. The third kappa shape index (κ3) is 9.64. The first-order valence-corrected chi connectivity index (χ1v) is 9.01. The van der Waals surface area contributed by atoms with Crippen molar-refractivity contribution in [2.24, 2.45) is 0 Å². The summed E-state index contributed by atoms with van der Waals surface area (Å²) in [7, 11) is 0. The van der Waals surface area contributed by atoms with Gasteiger partial charge in [-0.1, -0.05) is 69.2 Å². The van der Waals surface area contributed by atoms with E-state index in [2.05, 4.69) is 43.0 Å². The van der Waals surface area contributed by atoms with Crippen LogP contribution in [-0.4, -0.2) is 11.7 Å². The van der Waals surface area contributed by atoms with Gasteiger partial charge in [-0.3, -0.25) is 0 Å². The largest absolute Gasteiger partial charge is 0.396 e. The first-order chi connectivity index (χ1) is 10.9. The molecule has 0 heterocycles. The summed E-state index contributed by atoms with van der Waals surface area (Å²) in [6.07, 6.45) is 13.0. The Morgan fingerprint density at radius 3 is 2.18 bits per heavy atom. The Bertz CT molecular complexity index is 421. The van der Waals surface area contributed by atoms with E-state index in [4.69, 9.17) is 5.11 Å². The van der Waals surface area contributed by atoms with Crippen LogP contribution >= 0.6 is 0 Å². The number of benzene rings is 1. The van der Waals surface area contributed by atoms with Gasteiger partial charge in [-0.2, -0.15) is 0 Å². The van der Waals surface area contributed by atoms with Crippen molar-refractivity contribution >= 4 is 0 Å². The monoisotopic (exact) mass is 300 g/mol. The summed E-state index contributed by atoms with van der Waals surface area (Å²) in [5.74, 6) is 6.40. The molecule has 1 heteroatoms. The maximum absolute atomic E-state index is 8.69. The van der Waals surface area contributed by atoms with Gasteiger partial charge in [0.25, 0.3) is 0 Å². The van der Waals surface area contributed by atoms with E-state index in [-0.39, 0.29) is 6.61 Å². The second kappa shape index (κ2) is 13.4. The number of hydrogen-bond donors (Lipinski definition) is 1. The van der Waals surface area contributed by atoms with Crippen molar-refractivity contribution in [3.63, 3.8) is 0 Å². The number of aliphatic hydroxyl groups is 1. The van der Waals surface area contributed by atoms with Gasteiger partial charge in [0.1, 0.15) is 0 Å². The summed E-state index contributed by atoms with van der Waals surface area (Å²) >= 11 is 0. The summed E-state index contributed by atoms with van der Waals surface area (Å²) in [5, 5.41) is 8.69. The van der Waals surface area contributed by atoms with Gasteiger partial charge in [-0.25, -0.2) is 0 Å². The molecule has 122 valence electrons. The van der Waals surface area contributed by atoms with E-state index in [9.17, 15) is 0 Å². The van der Waals surface area contributed by atoms with Crippen LogP contribution in [0.2, 0.25) is 0 Å². The second-order valence-electron chi connectivity index (χ2n) is 6.05. The topological polar surface area (TPSA) is 20.2 Å². The van der Waals surface area contributed by atoms with Crippen LogP contribution in [0.4, 0.5) is 0 Å². The van der Waals surface area contributed by atoms with Crippen molar-refractivity contribution in [1.29, 1.82) is 0 Å². The van der Waals surface area contributed by atoms with Crippen LogP contribution in [0.1, 0.15) is 75.8 Å². The van der Waals surface area contributed by atoms with Gasteiger partial charge in [-0.15, -0.1) is 5.92 Å². The van der Waals surface area contributed by atoms with Crippen molar-refractivity contribution in [2.45, 2.75) is 77.6 Å². The lowest BCUT2D eigenvalue weighted by Crippen LogP contribution is -1.88. The van der Waals surface area contributed by atoms with Gasteiger partial charge in [0.15, 0.2) is 0 Å². The predicted molar refractivity (Wildman–Crippen MR) is 95.9 cm³/mol. The summed E-state index contributed by atoms with van der Waals surface area (Å²) in [4.78, 5) is 0. The molecule has 1 nitrogen and oxygen atoms in total. The van der Waals surface area contributed by atoms with Crippen LogP contribution in [0.3, 0.4) is 0 Å². The fourth-order valence-corrected chi connectivity index (χ4v) is 2.51. The zero-order valence-corrected chi connectivity index (χ0v) is 14.2. The molecular weight excluding hydrogens is 268 g/mol. The summed E-state index contributed by atoms with van der Waals surface area (Å²) in [6, 6.07) is 8.95. The molecule has 0 radical (unpaired) electrons. The molecule has 0 unspecified atom stereocenters. The van der Waals surface area contributed by atoms with Crippen LogP contribution in [0, 0.1) is 11.8 Å². The molecule has 0 amide bonds. The third-order valence-electron chi connectivity index (χ3n) is 3.97. The SMILES string of the molecule is CCCCCCCCc1ccc(CC#CCCCCO)cc1. The Labute approximate surface area is 137 Å². The average Bonchev–Trinajstić information content (AvgIpc) is 2.55. The molecule has 1 aromatic rings. The first kappa shape index (κ1) is 18.8. The average molecular weight is 300 g/mol. The molecule has 22 heavy (non-hydrogen) atoms. The molecule has 0 saturated heterocycles. The maximum Gasteiger partial charge on any atom is 0.0431 e. The molecule has 0 atom stereocenters. The molecule has 0 fully saturated rings. The van der Waals surface area contributed by atoms with Gasteiger partial charge in [0, 0.05) is 19.4 Å². The van der Waals surface area contributed by atoms with Crippen molar-refractivity contribution < 1.29 is 5.11 Å². The number of aryl methyl sites for hydroxylation is 1. The molecule has 0 spiro atoms. The van der Waals surface area contributed by atoms with Crippen LogP contribution in [0.15, 0.2) is 24.3 Å². The third-order valence-corrected chi connectivity index (χ3v) is 3.97. The van der Waals surface area contributed by atoms with E-state index in [1.807, 2.05) is 0 Å². The highest BCUT2D eigenvalue weighted by Crippen LogP contribution is 2.11. The maximum atomic E-state index is 8.69. The van der Waals surface area contributed by atoms with Crippen LogP contribution in [0.25, 0.3) is 0 Å². The Morgan fingerprint density at radius 2 is 1.45 bits per heavy atom.